The second-order valence-corrected chi connectivity index (χ2v) is 5.88. The molecule has 0 saturated heterocycles. The lowest BCUT2D eigenvalue weighted by Crippen LogP contribution is -2.13. The quantitative estimate of drug-likeness (QED) is 0.332. The predicted octanol–water partition coefficient (Wildman–Crippen LogP) is 1.68. The molecule has 9 nitrogen and oxygen atoms in total. The lowest BCUT2D eigenvalue weighted by Gasteiger charge is -2.07. The van der Waals surface area contributed by atoms with E-state index in [-0.39, 0.29) is 22.6 Å². The summed E-state index contributed by atoms with van der Waals surface area (Å²) in [6.45, 7) is 0. The molecule has 4 N–H and O–H groups in total. The minimum absolute atomic E-state index is 0.0508. The van der Waals surface area contributed by atoms with Crippen LogP contribution in [-0.4, -0.2) is 23.8 Å². The zero-order valence-corrected chi connectivity index (χ0v) is 12.3. The van der Waals surface area contributed by atoms with E-state index >= 15 is 0 Å². The number of nitro benzene ring substituents is 1. The number of nitrogens with two attached hydrogens (primary N) is 1. The van der Waals surface area contributed by atoms with Gasteiger partial charge in [0, 0.05) is 23.4 Å². The normalized spacial score (nSPS) is 11.0. The molecule has 1 amide bonds. The molecule has 0 aromatic heterocycles. The fourth-order valence-electron chi connectivity index (χ4n) is 1.77. The van der Waals surface area contributed by atoms with Crippen LogP contribution in [0.15, 0.2) is 47.4 Å². The largest absolute Gasteiger partial charge is 0.398 e. The number of anilines is 2. The van der Waals surface area contributed by atoms with E-state index in [1.54, 1.807) is 0 Å². The number of nitrogens with one attached hydrogen (secondary N) is 1. The van der Waals surface area contributed by atoms with E-state index in [9.17, 15) is 23.3 Å². The standard InChI is InChI=1S/C13H11N3O6S/c14-11-6-1-8(7-12(11)23(20,21)22)13(17)15-9-2-4-10(5-3-9)16(18)19/h1-7H,14H2,(H,15,17)(H,20,21,22). The zero-order chi connectivity index (χ0) is 17.2. The molecule has 0 saturated carbocycles. The molecule has 2 rings (SSSR count). The smallest absolute Gasteiger partial charge is 0.296 e. The Morgan fingerprint density at radius 2 is 1.78 bits per heavy atom. The first-order valence-corrected chi connectivity index (χ1v) is 7.55. The van der Waals surface area contributed by atoms with Gasteiger partial charge in [0.15, 0.2) is 0 Å². The van der Waals surface area contributed by atoms with Gasteiger partial charge in [-0.2, -0.15) is 8.42 Å². The van der Waals surface area contributed by atoms with Crippen LogP contribution in [0.1, 0.15) is 10.4 Å². The SMILES string of the molecule is Nc1ccc(C(=O)Nc2ccc([N+](=O)[O-])cc2)cc1S(=O)(=O)O. The number of non-ortho nitro benzene ring substituents is 1. The molecule has 0 aliphatic heterocycles. The van der Waals surface area contributed by atoms with Crippen LogP contribution in [0.4, 0.5) is 17.1 Å². The van der Waals surface area contributed by atoms with E-state index in [1.807, 2.05) is 0 Å². The number of amides is 1. The van der Waals surface area contributed by atoms with Crippen molar-refractivity contribution in [2.24, 2.45) is 0 Å². The minimum atomic E-state index is -4.56. The van der Waals surface area contributed by atoms with Gasteiger partial charge < -0.3 is 11.1 Å². The Morgan fingerprint density at radius 1 is 1.17 bits per heavy atom. The van der Waals surface area contributed by atoms with Crippen molar-refractivity contribution in [2.45, 2.75) is 4.90 Å². The lowest BCUT2D eigenvalue weighted by molar-refractivity contribution is -0.384. The first kappa shape index (κ1) is 16.4. The Bertz CT molecular complexity index is 877. The molecular weight excluding hydrogens is 326 g/mol. The number of carbonyl (C=O) groups excluding carboxylic acids is 1. The summed E-state index contributed by atoms with van der Waals surface area (Å²) in [6.07, 6.45) is 0. The van der Waals surface area contributed by atoms with Crippen LogP contribution < -0.4 is 11.1 Å². The van der Waals surface area contributed by atoms with Gasteiger partial charge in [-0.1, -0.05) is 0 Å². The Hall–Kier alpha value is -2.98. The number of nitrogens with zero attached hydrogens (tertiary/aromatic N) is 1. The molecule has 0 spiro atoms. The summed E-state index contributed by atoms with van der Waals surface area (Å²) in [5, 5.41) is 13.0. The van der Waals surface area contributed by atoms with Crippen molar-refractivity contribution in [3.8, 4) is 0 Å². The first-order chi connectivity index (χ1) is 10.7. The van der Waals surface area contributed by atoms with Crippen LogP contribution in [0.2, 0.25) is 0 Å². The van der Waals surface area contributed by atoms with Crippen molar-refractivity contribution in [1.82, 2.24) is 0 Å². The molecule has 0 bridgehead atoms. The van der Waals surface area contributed by atoms with Crippen molar-refractivity contribution in [3.05, 3.63) is 58.1 Å². The van der Waals surface area contributed by atoms with E-state index in [0.29, 0.717) is 0 Å². The van der Waals surface area contributed by atoms with Gasteiger partial charge in [-0.3, -0.25) is 19.5 Å². The number of nitrogen functional groups attached to an aromatic ring is 1. The van der Waals surface area contributed by atoms with Crippen LogP contribution in [-0.2, 0) is 10.1 Å². The molecule has 0 heterocycles. The first-order valence-electron chi connectivity index (χ1n) is 6.11. The van der Waals surface area contributed by atoms with Gasteiger partial charge in [-0.05, 0) is 30.3 Å². The molecule has 0 radical (unpaired) electrons. The molecule has 23 heavy (non-hydrogen) atoms. The van der Waals surface area contributed by atoms with Crippen molar-refractivity contribution in [1.29, 1.82) is 0 Å². The fourth-order valence-corrected chi connectivity index (χ4v) is 2.41. The number of rotatable bonds is 4. The highest BCUT2D eigenvalue weighted by Gasteiger charge is 2.17. The van der Waals surface area contributed by atoms with Gasteiger partial charge >= 0.3 is 0 Å². The monoisotopic (exact) mass is 337 g/mol. The Kier molecular flexibility index (Phi) is 4.29. The maximum atomic E-state index is 12.1. The average molecular weight is 337 g/mol. The summed E-state index contributed by atoms with van der Waals surface area (Å²) in [5.74, 6) is -0.663. The van der Waals surface area contributed by atoms with Crippen LogP contribution in [0.25, 0.3) is 0 Å². The van der Waals surface area contributed by atoms with Gasteiger partial charge in [-0.25, -0.2) is 0 Å². The lowest BCUT2D eigenvalue weighted by atomic mass is 10.2. The van der Waals surface area contributed by atoms with Gasteiger partial charge in [0.1, 0.15) is 4.90 Å². The summed E-state index contributed by atoms with van der Waals surface area (Å²) >= 11 is 0. The highest BCUT2D eigenvalue weighted by atomic mass is 32.2. The van der Waals surface area contributed by atoms with E-state index in [0.717, 1.165) is 6.07 Å². The summed E-state index contributed by atoms with van der Waals surface area (Å²) in [6, 6.07) is 8.47. The topological polar surface area (TPSA) is 153 Å². The second kappa shape index (κ2) is 6.02. The van der Waals surface area contributed by atoms with Crippen molar-refractivity contribution >= 4 is 33.1 Å². The van der Waals surface area contributed by atoms with E-state index in [1.165, 1.54) is 36.4 Å². The molecule has 0 unspecified atom stereocenters. The average Bonchev–Trinajstić information content (AvgIpc) is 2.47. The third-order valence-corrected chi connectivity index (χ3v) is 3.80. The molecule has 120 valence electrons. The summed E-state index contributed by atoms with van der Waals surface area (Å²) in [4.78, 5) is 21.5. The summed E-state index contributed by atoms with van der Waals surface area (Å²) < 4.78 is 31.4. The number of nitro groups is 1. The molecule has 10 heteroatoms. The molecule has 0 fully saturated rings. The van der Waals surface area contributed by atoms with Gasteiger partial charge in [0.05, 0.1) is 10.6 Å². The maximum absolute atomic E-state index is 12.1. The maximum Gasteiger partial charge on any atom is 0.296 e. The van der Waals surface area contributed by atoms with Crippen LogP contribution in [0, 0.1) is 10.1 Å². The molecule has 2 aromatic carbocycles. The van der Waals surface area contributed by atoms with Crippen LogP contribution in [0.3, 0.4) is 0 Å². The van der Waals surface area contributed by atoms with E-state index in [4.69, 9.17) is 10.3 Å². The van der Waals surface area contributed by atoms with Crippen molar-refractivity contribution < 1.29 is 22.7 Å². The van der Waals surface area contributed by atoms with Gasteiger partial charge in [0.25, 0.3) is 21.7 Å². The second-order valence-electron chi connectivity index (χ2n) is 4.49. The van der Waals surface area contributed by atoms with E-state index < -0.39 is 25.8 Å². The van der Waals surface area contributed by atoms with Crippen molar-refractivity contribution in [3.63, 3.8) is 0 Å². The Balaban J connectivity index is 2.26. The Morgan fingerprint density at radius 3 is 2.30 bits per heavy atom. The highest BCUT2D eigenvalue weighted by molar-refractivity contribution is 7.86. The third-order valence-electron chi connectivity index (χ3n) is 2.89. The molecule has 0 aliphatic carbocycles. The van der Waals surface area contributed by atoms with Crippen LogP contribution >= 0.6 is 0 Å². The number of hydrogen-bond donors (Lipinski definition) is 3. The predicted molar refractivity (Wildman–Crippen MR) is 81.7 cm³/mol. The Labute approximate surface area is 130 Å². The van der Waals surface area contributed by atoms with Crippen molar-refractivity contribution in [2.75, 3.05) is 11.1 Å². The minimum Gasteiger partial charge on any atom is -0.398 e. The molecule has 0 aliphatic rings. The zero-order valence-electron chi connectivity index (χ0n) is 11.5. The number of benzene rings is 2. The van der Waals surface area contributed by atoms with Gasteiger partial charge in [0.2, 0.25) is 0 Å². The fraction of sp³-hybridized carbons (Fsp3) is 0. The summed E-state index contributed by atoms with van der Waals surface area (Å²) in [7, 11) is -4.56. The molecular formula is C13H11N3O6S. The van der Waals surface area contributed by atoms with Gasteiger partial charge in [-0.15, -0.1) is 0 Å². The third kappa shape index (κ3) is 3.81. The van der Waals surface area contributed by atoms with Crippen LogP contribution in [0.5, 0.6) is 0 Å². The number of carbonyl (C=O) groups is 1. The molecule has 2 aromatic rings. The van der Waals surface area contributed by atoms with E-state index in [2.05, 4.69) is 5.32 Å². The highest BCUT2D eigenvalue weighted by Crippen LogP contribution is 2.21. The molecule has 0 atom stereocenters. The summed E-state index contributed by atoms with van der Waals surface area (Å²) in [5.41, 5.74) is 5.34. The number of hydrogen-bond acceptors (Lipinski definition) is 6.